The van der Waals surface area contributed by atoms with Crippen LogP contribution in [0.4, 0.5) is 4.39 Å². The Morgan fingerprint density at radius 1 is 1.04 bits per heavy atom. The number of fused-ring (bicyclic) bond motifs is 2. The SMILES string of the molecule is Cc1nc2ccccc2n1[C@H]1C[C@H]2CN(Cc3ccc(F)cc3)C[C@H]2C[C@@H]1O. The zero-order valence-corrected chi connectivity index (χ0v) is 16.1. The van der Waals surface area contributed by atoms with Gasteiger partial charge in [-0.2, -0.15) is 0 Å². The van der Waals surface area contributed by atoms with Crippen molar-refractivity contribution in [3.63, 3.8) is 0 Å². The molecule has 1 aliphatic heterocycles. The highest BCUT2D eigenvalue weighted by Gasteiger charge is 2.42. The van der Waals surface area contributed by atoms with Gasteiger partial charge in [-0.3, -0.25) is 4.90 Å². The molecule has 28 heavy (non-hydrogen) atoms. The minimum Gasteiger partial charge on any atom is -0.391 e. The fourth-order valence-corrected chi connectivity index (χ4v) is 5.34. The molecule has 2 fully saturated rings. The number of aromatic nitrogens is 2. The molecule has 4 atom stereocenters. The van der Waals surface area contributed by atoms with E-state index in [0.29, 0.717) is 11.8 Å². The number of aliphatic hydroxyl groups is 1. The first-order valence-corrected chi connectivity index (χ1v) is 10.2. The number of halogens is 1. The maximum atomic E-state index is 13.2. The number of nitrogens with zero attached hydrogens (tertiary/aromatic N) is 3. The molecule has 1 saturated carbocycles. The molecule has 1 saturated heterocycles. The Kier molecular flexibility index (Phi) is 4.44. The van der Waals surface area contributed by atoms with Crippen LogP contribution in [-0.2, 0) is 6.54 Å². The summed E-state index contributed by atoms with van der Waals surface area (Å²) in [7, 11) is 0. The van der Waals surface area contributed by atoms with Crippen LogP contribution < -0.4 is 0 Å². The van der Waals surface area contributed by atoms with Gasteiger partial charge in [0.15, 0.2) is 0 Å². The van der Waals surface area contributed by atoms with E-state index in [9.17, 15) is 9.50 Å². The third kappa shape index (κ3) is 3.12. The van der Waals surface area contributed by atoms with Gasteiger partial charge in [-0.25, -0.2) is 9.37 Å². The van der Waals surface area contributed by atoms with Crippen LogP contribution in [0, 0.1) is 24.6 Å². The maximum Gasteiger partial charge on any atom is 0.123 e. The predicted molar refractivity (Wildman–Crippen MR) is 107 cm³/mol. The molecule has 0 bridgehead atoms. The molecular formula is C23H26FN3O. The fourth-order valence-electron chi connectivity index (χ4n) is 5.34. The van der Waals surface area contributed by atoms with Crippen LogP contribution in [0.5, 0.6) is 0 Å². The third-order valence-electron chi connectivity index (χ3n) is 6.61. The summed E-state index contributed by atoms with van der Waals surface area (Å²) in [6, 6.07) is 15.1. The normalized spacial score (nSPS) is 28.0. The molecule has 0 unspecified atom stereocenters. The van der Waals surface area contributed by atoms with Gasteiger partial charge in [0.25, 0.3) is 0 Å². The first-order chi connectivity index (χ1) is 13.6. The van der Waals surface area contributed by atoms with E-state index in [4.69, 9.17) is 4.98 Å². The number of likely N-dealkylation sites (tertiary alicyclic amines) is 1. The van der Waals surface area contributed by atoms with Crippen molar-refractivity contribution in [3.05, 3.63) is 65.7 Å². The fraction of sp³-hybridized carbons (Fsp3) is 0.435. The number of imidazole rings is 1. The number of aryl methyl sites for hydroxylation is 1. The van der Waals surface area contributed by atoms with Crippen molar-refractivity contribution in [1.29, 1.82) is 0 Å². The zero-order chi connectivity index (χ0) is 19.3. The lowest BCUT2D eigenvalue weighted by atomic mass is 9.77. The molecule has 3 aromatic rings. The van der Waals surface area contributed by atoms with Crippen molar-refractivity contribution in [2.24, 2.45) is 11.8 Å². The van der Waals surface area contributed by atoms with Crippen LogP contribution in [0.25, 0.3) is 11.0 Å². The van der Waals surface area contributed by atoms with Crippen molar-refractivity contribution in [3.8, 4) is 0 Å². The van der Waals surface area contributed by atoms with Crippen LogP contribution in [0.3, 0.4) is 0 Å². The molecule has 2 aliphatic rings. The number of hydrogen-bond donors (Lipinski definition) is 1. The van der Waals surface area contributed by atoms with E-state index in [1.54, 1.807) is 0 Å². The van der Waals surface area contributed by atoms with Crippen molar-refractivity contribution in [1.82, 2.24) is 14.5 Å². The molecule has 0 radical (unpaired) electrons. The second-order valence-corrected chi connectivity index (χ2v) is 8.46. The maximum absolute atomic E-state index is 13.2. The quantitative estimate of drug-likeness (QED) is 0.750. The van der Waals surface area contributed by atoms with Crippen molar-refractivity contribution >= 4 is 11.0 Å². The van der Waals surface area contributed by atoms with Gasteiger partial charge in [0, 0.05) is 19.6 Å². The Balaban J connectivity index is 1.35. The summed E-state index contributed by atoms with van der Waals surface area (Å²) in [5.41, 5.74) is 3.26. The van der Waals surface area contributed by atoms with Crippen molar-refractivity contribution in [2.45, 2.75) is 38.5 Å². The van der Waals surface area contributed by atoms with E-state index in [1.165, 1.54) is 12.1 Å². The van der Waals surface area contributed by atoms with Crippen molar-refractivity contribution < 1.29 is 9.50 Å². The first kappa shape index (κ1) is 17.8. The van der Waals surface area contributed by atoms with E-state index >= 15 is 0 Å². The van der Waals surface area contributed by atoms with E-state index in [2.05, 4.69) is 15.5 Å². The molecule has 2 heterocycles. The van der Waals surface area contributed by atoms with Gasteiger partial charge in [0.05, 0.1) is 23.2 Å². The van der Waals surface area contributed by atoms with Gasteiger partial charge < -0.3 is 9.67 Å². The molecule has 0 spiro atoms. The van der Waals surface area contributed by atoms with Gasteiger partial charge in [0.1, 0.15) is 11.6 Å². The molecule has 5 rings (SSSR count). The molecule has 146 valence electrons. The molecule has 0 amide bonds. The van der Waals surface area contributed by atoms with Crippen molar-refractivity contribution in [2.75, 3.05) is 13.1 Å². The Hall–Kier alpha value is -2.24. The van der Waals surface area contributed by atoms with Crippen LogP contribution >= 0.6 is 0 Å². The highest BCUT2D eigenvalue weighted by Crippen LogP contribution is 2.43. The van der Waals surface area contributed by atoms with Gasteiger partial charge in [-0.05, 0) is 61.4 Å². The number of aliphatic hydroxyl groups excluding tert-OH is 1. The molecular weight excluding hydrogens is 353 g/mol. The molecule has 5 heteroatoms. The van der Waals surface area contributed by atoms with Crippen LogP contribution in [0.1, 0.15) is 30.3 Å². The minimum absolute atomic E-state index is 0.0828. The molecule has 1 N–H and O–H groups in total. The van der Waals surface area contributed by atoms with Gasteiger partial charge in [0.2, 0.25) is 0 Å². The second-order valence-electron chi connectivity index (χ2n) is 8.46. The second kappa shape index (κ2) is 6.98. The number of benzene rings is 2. The van der Waals surface area contributed by atoms with E-state index in [0.717, 1.165) is 54.9 Å². The lowest BCUT2D eigenvalue weighted by Gasteiger charge is -2.36. The summed E-state index contributed by atoms with van der Waals surface area (Å²) in [6.45, 7) is 4.93. The summed E-state index contributed by atoms with van der Waals surface area (Å²) >= 11 is 0. The third-order valence-corrected chi connectivity index (χ3v) is 6.61. The Bertz CT molecular complexity index is 983. The molecule has 1 aliphatic carbocycles. The molecule has 4 nitrogen and oxygen atoms in total. The van der Waals surface area contributed by atoms with Gasteiger partial charge in [-0.15, -0.1) is 0 Å². The Labute approximate surface area is 164 Å². The van der Waals surface area contributed by atoms with E-state index in [1.807, 2.05) is 37.3 Å². The lowest BCUT2D eigenvalue weighted by Crippen LogP contribution is -2.36. The summed E-state index contributed by atoms with van der Waals surface area (Å²) < 4.78 is 15.4. The van der Waals surface area contributed by atoms with Gasteiger partial charge >= 0.3 is 0 Å². The van der Waals surface area contributed by atoms with Crippen LogP contribution in [-0.4, -0.2) is 38.8 Å². The van der Waals surface area contributed by atoms with Crippen LogP contribution in [0.15, 0.2) is 48.5 Å². The monoisotopic (exact) mass is 379 g/mol. The Morgan fingerprint density at radius 2 is 1.75 bits per heavy atom. The Morgan fingerprint density at radius 3 is 2.54 bits per heavy atom. The van der Waals surface area contributed by atoms with E-state index in [-0.39, 0.29) is 18.0 Å². The smallest absolute Gasteiger partial charge is 0.123 e. The highest BCUT2D eigenvalue weighted by atomic mass is 19.1. The summed E-state index contributed by atoms with van der Waals surface area (Å²) in [6.07, 6.45) is 1.47. The summed E-state index contributed by atoms with van der Waals surface area (Å²) in [5.74, 6) is 1.90. The average Bonchev–Trinajstić information content (AvgIpc) is 3.21. The van der Waals surface area contributed by atoms with E-state index < -0.39 is 0 Å². The average molecular weight is 379 g/mol. The predicted octanol–water partition coefficient (Wildman–Crippen LogP) is 3.93. The number of rotatable bonds is 3. The van der Waals surface area contributed by atoms with Gasteiger partial charge in [-0.1, -0.05) is 24.3 Å². The topological polar surface area (TPSA) is 41.3 Å². The largest absolute Gasteiger partial charge is 0.391 e. The molecule has 1 aromatic heterocycles. The zero-order valence-electron chi connectivity index (χ0n) is 16.1. The molecule has 2 aromatic carbocycles. The first-order valence-electron chi connectivity index (χ1n) is 10.2. The lowest BCUT2D eigenvalue weighted by molar-refractivity contribution is 0.0366. The number of hydrogen-bond acceptors (Lipinski definition) is 3. The number of para-hydroxylation sites is 2. The van der Waals surface area contributed by atoms with Crippen LogP contribution in [0.2, 0.25) is 0 Å². The summed E-state index contributed by atoms with van der Waals surface area (Å²) in [4.78, 5) is 7.15. The minimum atomic E-state index is -0.344. The summed E-state index contributed by atoms with van der Waals surface area (Å²) in [5, 5.41) is 11.0. The highest BCUT2D eigenvalue weighted by molar-refractivity contribution is 5.76. The standard InChI is InChI=1S/C23H26FN3O/c1-15-25-20-4-2-3-5-21(20)27(15)22-10-17-13-26(14-18(17)11-23(22)28)12-16-6-8-19(24)9-7-16/h2-9,17-18,22-23,28H,10-14H2,1H3/t17-,18+,22-,23-/m0/s1.